The number of aliphatic hydroxyl groups excluding tert-OH is 2. The molecule has 1 aromatic heterocycles. The van der Waals surface area contributed by atoms with Gasteiger partial charge in [-0.05, 0) is 87.9 Å². The second kappa shape index (κ2) is 51.9. The maximum Gasteiger partial charge on any atom is 0.329 e. The fraction of sp³-hybridized carbons (Fsp3) is 0.557. The van der Waals surface area contributed by atoms with Crippen molar-refractivity contribution in [1.82, 2.24) is 58.2 Å². The van der Waals surface area contributed by atoms with Gasteiger partial charge in [-0.1, -0.05) is 77.2 Å². The first-order valence-corrected chi connectivity index (χ1v) is 39.2. The molecule has 0 spiro atoms. The van der Waals surface area contributed by atoms with Crippen molar-refractivity contribution in [3.63, 3.8) is 0 Å². The molecule has 0 aliphatic carbocycles. The third-order valence-corrected chi connectivity index (χ3v) is 19.6. The lowest BCUT2D eigenvalue weighted by Gasteiger charge is -2.29. The van der Waals surface area contributed by atoms with Gasteiger partial charge in [-0.3, -0.25) is 86.3 Å². The Morgan fingerprint density at radius 2 is 1.32 bits per heavy atom. The summed E-state index contributed by atoms with van der Waals surface area (Å²) in [5.41, 5.74) is 12.9. The maximum atomic E-state index is 15.1. The number of para-hydroxylation sites is 1. The van der Waals surface area contributed by atoms with E-state index in [1.807, 2.05) is 0 Å². The van der Waals surface area contributed by atoms with Gasteiger partial charge in [0.15, 0.2) is 23.1 Å². The largest absolute Gasteiger partial charge is 0.481 e. The van der Waals surface area contributed by atoms with E-state index in [9.17, 15) is 107 Å². The van der Waals surface area contributed by atoms with E-state index in [2.05, 4.69) is 77.0 Å². The van der Waals surface area contributed by atoms with Gasteiger partial charge in [0.1, 0.15) is 55.6 Å². The van der Waals surface area contributed by atoms with Gasteiger partial charge in [0, 0.05) is 91.5 Å². The van der Waals surface area contributed by atoms with Gasteiger partial charge in [-0.15, -0.1) is 0 Å². The molecular weight excluding hydrogens is 1560 g/mol. The number of carbonyl (C=O) groups is 19. The van der Waals surface area contributed by atoms with Crippen LogP contribution >= 0.6 is 0 Å². The first-order valence-electron chi connectivity index (χ1n) is 39.2. The zero-order valence-electron chi connectivity index (χ0n) is 67.3. The molecule has 3 aromatic rings. The molecule has 4 rings (SSSR count). The summed E-state index contributed by atoms with van der Waals surface area (Å²) in [4.78, 5) is 265. The number of nitrogens with one attached hydrogen (secondary N) is 12. The van der Waals surface area contributed by atoms with Crippen molar-refractivity contribution in [1.29, 1.82) is 0 Å². The van der Waals surface area contributed by atoms with Crippen molar-refractivity contribution < 1.29 is 126 Å². The predicted molar refractivity (Wildman–Crippen MR) is 423 cm³/mol. The molecule has 0 saturated carbocycles. The summed E-state index contributed by atoms with van der Waals surface area (Å²) in [7, 11) is 0. The number of aliphatic carboxylic acids is 2. The number of hydrogen-bond donors (Lipinski definition) is 18. The van der Waals surface area contributed by atoms with Crippen LogP contribution in [-0.4, -0.2) is 239 Å². The number of aromatic amines is 1. The number of unbranched alkanes of at least 4 members (excludes halogenated alkanes) is 6. The Labute approximate surface area is 686 Å². The molecule has 654 valence electrons. The van der Waals surface area contributed by atoms with Crippen LogP contribution in [-0.2, 0) is 114 Å². The van der Waals surface area contributed by atoms with Crippen LogP contribution < -0.4 is 70.0 Å². The minimum atomic E-state index is -2.35. The van der Waals surface area contributed by atoms with Gasteiger partial charge in [0.25, 0.3) is 12.9 Å². The quantitative estimate of drug-likeness (QED) is 0.00997. The van der Waals surface area contributed by atoms with E-state index in [0.717, 1.165) is 39.0 Å². The molecule has 1 saturated heterocycles. The number of hydrogen-bond acceptors (Lipinski definition) is 27. The zero-order chi connectivity index (χ0) is 88.4. The van der Waals surface area contributed by atoms with Crippen LogP contribution in [0.15, 0.2) is 60.9 Å². The van der Waals surface area contributed by atoms with Crippen LogP contribution in [0.4, 0.5) is 5.69 Å². The lowest BCUT2D eigenvalue weighted by molar-refractivity contribution is -0.156. The van der Waals surface area contributed by atoms with Crippen molar-refractivity contribution in [2.75, 3.05) is 51.3 Å². The third-order valence-electron chi connectivity index (χ3n) is 19.6. The number of ether oxygens (including phenoxy) is 3. The first kappa shape index (κ1) is 99.3. The molecule has 2 heterocycles. The summed E-state index contributed by atoms with van der Waals surface area (Å²) in [5.74, 6) is -27.3. The smallest absolute Gasteiger partial charge is 0.329 e. The number of aliphatic hydroxyl groups is 2. The number of aromatic nitrogens is 1. The molecule has 0 unspecified atom stereocenters. The number of amides is 10. The normalized spacial score (nSPS) is 21.0. The molecule has 20 N–H and O–H groups in total. The molecule has 1 fully saturated rings. The highest BCUT2D eigenvalue weighted by molar-refractivity contribution is 6.05. The molecule has 0 radical (unpaired) electrons. The second-order valence-electron chi connectivity index (χ2n) is 29.0. The van der Waals surface area contributed by atoms with E-state index < -0.39 is 256 Å². The van der Waals surface area contributed by atoms with Crippen LogP contribution in [0, 0.1) is 23.7 Å². The van der Waals surface area contributed by atoms with Crippen LogP contribution in [0.1, 0.15) is 165 Å². The second-order valence-corrected chi connectivity index (χ2v) is 29.0. The van der Waals surface area contributed by atoms with Crippen molar-refractivity contribution in [2.24, 2.45) is 35.1 Å². The number of carboxylic acid groups (broad SMARTS) is 2. The number of H-pyrrole nitrogens is 1. The highest BCUT2D eigenvalue weighted by Gasteiger charge is 2.41. The molecule has 2 aromatic carbocycles. The number of cyclic esters (lactones) is 1. The minimum Gasteiger partial charge on any atom is -0.481 e. The Hall–Kier alpha value is -12.1. The summed E-state index contributed by atoms with van der Waals surface area (Å²) < 4.78 is 15.5. The summed E-state index contributed by atoms with van der Waals surface area (Å²) in [6.45, 7) is 6.13. The van der Waals surface area contributed by atoms with Crippen molar-refractivity contribution in [3.8, 4) is 0 Å². The van der Waals surface area contributed by atoms with E-state index in [0.29, 0.717) is 34.9 Å². The number of nitrogens with two attached hydrogens (primary N) is 2. The number of ketones is 4. The van der Waals surface area contributed by atoms with E-state index in [4.69, 9.17) is 25.7 Å². The molecular formula is C79H112N14O26. The lowest BCUT2D eigenvalue weighted by Crippen LogP contribution is -2.57. The van der Waals surface area contributed by atoms with Crippen molar-refractivity contribution >= 4 is 130 Å². The molecule has 40 heteroatoms. The third kappa shape index (κ3) is 34.2. The lowest BCUT2D eigenvalue weighted by atomic mass is 9.84. The fourth-order valence-electron chi connectivity index (χ4n) is 12.9. The molecule has 119 heavy (non-hydrogen) atoms. The molecule has 0 bridgehead atoms. The van der Waals surface area contributed by atoms with E-state index >= 15 is 4.79 Å². The van der Waals surface area contributed by atoms with Crippen LogP contribution in [0.25, 0.3) is 10.9 Å². The number of benzene rings is 2. The van der Waals surface area contributed by atoms with Gasteiger partial charge in [0.05, 0.1) is 63.1 Å². The highest BCUT2D eigenvalue weighted by atomic mass is 16.5. The van der Waals surface area contributed by atoms with Gasteiger partial charge >= 0.3 is 17.9 Å². The number of rotatable bonds is 41. The fourth-order valence-corrected chi connectivity index (χ4v) is 12.9. The molecule has 13 atom stereocenters. The molecule has 40 nitrogen and oxygen atoms in total. The topological polar surface area (TPSA) is 633 Å². The summed E-state index contributed by atoms with van der Waals surface area (Å²) in [6, 6.07) is -3.52. The number of anilines is 1. The van der Waals surface area contributed by atoms with Gasteiger partial charge in [-0.2, -0.15) is 0 Å². The van der Waals surface area contributed by atoms with E-state index in [1.54, 1.807) is 37.4 Å². The Morgan fingerprint density at radius 3 is 1.96 bits per heavy atom. The standard InChI is InChI=1S/C79H112N14O26/c1-7-9-10-11-12-13-14-21-67(103)88-58(27-49-34-84-55-23-22-47(37-94)26-53(49)55)77(114)90-57(33-66(81)102)64(100)28-48(30-71(108)109)74(111)93-72-46(6)119-79(116)59(32-62(98)51-18-15-16-19-54(51)82-8-2)91-76(113)52(43(3)25-70(106)107)31-65(101)60(38-95)89-68(104)35-83-44(4)61(40-118-42-97)92-73(110)45(5)86-75(112)50(39-117-41-96)29-63(99)56(20-17-24-80)87-69(105)36-85-78(72)115/h15-16,18-19,22-23,26,34,41-43,45-46,48,50,52,56-61,72,82-84,94-95H,4,7-14,17,20-21,24-25,27-33,35-40,80H2,1-3,5-6H3,(H2,81,102)(H,85,115)(H,86,112)(H,87,105)(H,88,103)(H,89,104)(H,90,114)(H,91,113)(H,92,110)(H,93,111)(H,106,107)(H,108,109)/t43-,45-,46-,48+,50+,52+,56+,57-,58+,59+,60-,61+,72+/m1/s1. The van der Waals surface area contributed by atoms with Gasteiger partial charge in [-0.25, -0.2) is 4.79 Å². The van der Waals surface area contributed by atoms with Crippen LogP contribution in [0.2, 0.25) is 0 Å². The number of esters is 1. The summed E-state index contributed by atoms with van der Waals surface area (Å²) in [5, 5.41) is 68.3. The van der Waals surface area contributed by atoms with Gasteiger partial charge < -0.3 is 110 Å². The molecule has 10 amide bonds. The minimum absolute atomic E-state index is 0.00560. The highest BCUT2D eigenvalue weighted by Crippen LogP contribution is 2.26. The Kier molecular flexibility index (Phi) is 43.3. The van der Waals surface area contributed by atoms with Crippen molar-refractivity contribution in [2.45, 2.75) is 211 Å². The Balaban J connectivity index is 1.90. The zero-order valence-corrected chi connectivity index (χ0v) is 67.3. The Morgan fingerprint density at radius 1 is 0.681 bits per heavy atom. The average molecular weight is 1670 g/mol. The Bertz CT molecular complexity index is 4080. The maximum absolute atomic E-state index is 15.1. The number of fused-ring (bicyclic) bond motifs is 1. The monoisotopic (exact) mass is 1670 g/mol. The number of carboxylic acids is 2. The summed E-state index contributed by atoms with van der Waals surface area (Å²) in [6.07, 6.45) is -2.21. The summed E-state index contributed by atoms with van der Waals surface area (Å²) >= 11 is 0. The van der Waals surface area contributed by atoms with E-state index in [-0.39, 0.29) is 75.3 Å². The van der Waals surface area contributed by atoms with Gasteiger partial charge in [0.2, 0.25) is 59.1 Å². The SMILES string of the molecule is C=C1NCC(=O)N[C@H](CO)C(=O)C[C@@H]([C@H](C)CC(=O)O)C(=O)N[C@@H](CC(=O)c2ccccc2NCC)C(=O)O[C@H](C)[C@H](NC(=O)[C@H](CC(=O)O)CC(=O)[C@@H](CC(N)=O)NC(=O)[C@H](Cc2c[nH]c3ccc(CO)cc23)NC(=O)CCCCCCCCC)C(=O)NCC(=O)N[C@@H](CCCN)C(=O)C[C@@H](COC=O)C(=O)N[C@H](C)C(=O)N[C@H]1COC=O. The average Bonchev–Trinajstić information content (AvgIpc) is 1.75. The number of primary amides is 1. The predicted octanol–water partition coefficient (Wildman–Crippen LogP) is -1.62. The van der Waals surface area contributed by atoms with Crippen LogP contribution in [0.3, 0.4) is 0 Å². The number of carbonyl (C=O) groups excluding carboxylic acids is 17. The number of Topliss-reactive ketones (excluding diaryl/α,β-unsaturated/α-hetero) is 4. The van der Waals surface area contributed by atoms with E-state index in [1.165, 1.54) is 32.0 Å². The molecule has 1 aliphatic heterocycles. The first-order chi connectivity index (χ1) is 56.6. The van der Waals surface area contributed by atoms with Crippen LogP contribution in [0.5, 0.6) is 0 Å². The van der Waals surface area contributed by atoms with Crippen molar-refractivity contribution in [3.05, 3.63) is 77.6 Å². The molecule has 1 aliphatic rings.